The molecular weight excluding hydrogens is 206 g/mol. The van der Waals surface area contributed by atoms with E-state index in [4.69, 9.17) is 5.73 Å². The lowest BCUT2D eigenvalue weighted by Crippen LogP contribution is -2.43. The van der Waals surface area contributed by atoms with Crippen molar-refractivity contribution in [2.75, 3.05) is 0 Å². The van der Waals surface area contributed by atoms with Gasteiger partial charge in [-0.1, -0.05) is 25.3 Å². The molecule has 1 aromatic heterocycles. The van der Waals surface area contributed by atoms with Crippen LogP contribution >= 0.6 is 11.3 Å². The van der Waals surface area contributed by atoms with Gasteiger partial charge in [0.15, 0.2) is 5.78 Å². The Morgan fingerprint density at radius 3 is 2.73 bits per heavy atom. The molecular formula is C12H17NOS. The molecule has 0 spiro atoms. The molecule has 0 radical (unpaired) electrons. The number of nitrogens with two attached hydrogens (primary N) is 1. The summed E-state index contributed by atoms with van der Waals surface area (Å²) in [7, 11) is 0. The molecule has 0 aliphatic heterocycles. The Hall–Kier alpha value is -0.670. The average molecular weight is 223 g/mol. The molecule has 0 saturated heterocycles. The Morgan fingerprint density at radius 1 is 1.40 bits per heavy atom. The minimum Gasteiger partial charge on any atom is -0.325 e. The first-order chi connectivity index (χ1) is 7.20. The van der Waals surface area contributed by atoms with E-state index in [1.165, 1.54) is 30.6 Å². The summed E-state index contributed by atoms with van der Waals surface area (Å²) < 4.78 is 0. The molecule has 3 heteroatoms. The van der Waals surface area contributed by atoms with Crippen molar-refractivity contribution >= 4 is 17.1 Å². The predicted octanol–water partition coefficient (Wildman–Crippen LogP) is 2.98. The summed E-state index contributed by atoms with van der Waals surface area (Å²) in [5.41, 5.74) is 6.03. The van der Waals surface area contributed by atoms with Crippen LogP contribution in [0, 0.1) is 0 Å². The molecule has 2 N–H and O–H groups in total. The second kappa shape index (κ2) is 4.45. The highest BCUT2D eigenvalue weighted by Crippen LogP contribution is 2.30. The molecule has 1 fully saturated rings. The van der Waals surface area contributed by atoms with Crippen molar-refractivity contribution < 1.29 is 4.79 Å². The summed E-state index contributed by atoms with van der Waals surface area (Å²) in [6.07, 6.45) is 6.15. The first kappa shape index (κ1) is 10.8. The number of rotatable bonds is 3. The molecule has 0 amide bonds. The van der Waals surface area contributed by atoms with Crippen LogP contribution in [-0.2, 0) is 0 Å². The van der Waals surface area contributed by atoms with E-state index in [0.717, 1.165) is 17.7 Å². The van der Waals surface area contributed by atoms with E-state index in [1.54, 1.807) is 0 Å². The van der Waals surface area contributed by atoms with Crippen LogP contribution in [0.15, 0.2) is 17.5 Å². The van der Waals surface area contributed by atoms with Crippen LogP contribution in [0.4, 0.5) is 0 Å². The molecule has 1 heterocycles. The summed E-state index contributed by atoms with van der Waals surface area (Å²) in [6, 6.07) is 3.81. The smallest absolute Gasteiger partial charge is 0.174 e. The van der Waals surface area contributed by atoms with Gasteiger partial charge >= 0.3 is 0 Å². The molecule has 1 aromatic rings. The van der Waals surface area contributed by atoms with Crippen molar-refractivity contribution in [3.63, 3.8) is 0 Å². The van der Waals surface area contributed by atoms with E-state index < -0.39 is 0 Å². The molecule has 1 aliphatic rings. The van der Waals surface area contributed by atoms with Crippen LogP contribution in [0.1, 0.15) is 48.2 Å². The van der Waals surface area contributed by atoms with E-state index in [9.17, 15) is 4.79 Å². The van der Waals surface area contributed by atoms with Crippen molar-refractivity contribution in [2.45, 2.75) is 44.1 Å². The quantitative estimate of drug-likeness (QED) is 0.800. The number of thiophene rings is 1. The van der Waals surface area contributed by atoms with E-state index in [-0.39, 0.29) is 11.3 Å². The van der Waals surface area contributed by atoms with Crippen molar-refractivity contribution in [1.82, 2.24) is 0 Å². The van der Waals surface area contributed by atoms with E-state index in [2.05, 4.69) is 0 Å². The summed E-state index contributed by atoms with van der Waals surface area (Å²) in [6.45, 7) is 0. The van der Waals surface area contributed by atoms with Crippen molar-refractivity contribution in [2.24, 2.45) is 5.73 Å². The fourth-order valence-corrected chi connectivity index (χ4v) is 2.94. The van der Waals surface area contributed by atoms with E-state index in [0.29, 0.717) is 6.42 Å². The molecule has 0 unspecified atom stereocenters. The lowest BCUT2D eigenvalue weighted by molar-refractivity contribution is 0.0938. The van der Waals surface area contributed by atoms with Crippen LogP contribution in [0.3, 0.4) is 0 Å². The third-order valence-corrected chi connectivity index (χ3v) is 4.07. The van der Waals surface area contributed by atoms with Gasteiger partial charge in [-0.05, 0) is 24.3 Å². The molecule has 82 valence electrons. The maximum Gasteiger partial charge on any atom is 0.174 e. The van der Waals surface area contributed by atoms with Gasteiger partial charge in [0.05, 0.1) is 4.88 Å². The molecule has 15 heavy (non-hydrogen) atoms. The fourth-order valence-electron chi connectivity index (χ4n) is 2.28. The summed E-state index contributed by atoms with van der Waals surface area (Å²) >= 11 is 1.51. The number of hydrogen-bond acceptors (Lipinski definition) is 3. The maximum atomic E-state index is 11.9. The molecule has 0 atom stereocenters. The third-order valence-electron chi connectivity index (χ3n) is 3.16. The molecule has 1 saturated carbocycles. The van der Waals surface area contributed by atoms with Crippen molar-refractivity contribution in [3.8, 4) is 0 Å². The number of hydrogen-bond donors (Lipinski definition) is 1. The van der Waals surface area contributed by atoms with Gasteiger partial charge in [-0.2, -0.15) is 0 Å². The first-order valence-electron chi connectivity index (χ1n) is 5.55. The minimum atomic E-state index is -0.223. The number of ketones is 1. The molecule has 0 aromatic carbocycles. The first-order valence-corrected chi connectivity index (χ1v) is 6.43. The number of carbonyl (C=O) groups excluding carboxylic acids is 1. The fraction of sp³-hybridized carbons (Fsp3) is 0.583. The van der Waals surface area contributed by atoms with Crippen LogP contribution in [0.25, 0.3) is 0 Å². The Morgan fingerprint density at radius 2 is 2.13 bits per heavy atom. The highest BCUT2D eigenvalue weighted by atomic mass is 32.1. The largest absolute Gasteiger partial charge is 0.325 e. The van der Waals surface area contributed by atoms with Gasteiger partial charge in [-0.3, -0.25) is 4.79 Å². The van der Waals surface area contributed by atoms with Gasteiger partial charge in [0.25, 0.3) is 0 Å². The number of Topliss-reactive ketones (excluding diaryl/α,β-unsaturated/α-hetero) is 1. The lowest BCUT2D eigenvalue weighted by Gasteiger charge is -2.32. The van der Waals surface area contributed by atoms with Gasteiger partial charge in [0.2, 0.25) is 0 Å². The van der Waals surface area contributed by atoms with Crippen LogP contribution in [-0.4, -0.2) is 11.3 Å². The Balaban J connectivity index is 1.98. The normalized spacial score (nSPS) is 20.1. The second-order valence-corrected chi connectivity index (χ2v) is 5.45. The summed E-state index contributed by atoms with van der Waals surface area (Å²) in [5, 5.41) is 1.94. The van der Waals surface area contributed by atoms with E-state index in [1.807, 2.05) is 17.5 Å². The zero-order valence-corrected chi connectivity index (χ0v) is 9.69. The lowest BCUT2D eigenvalue weighted by atomic mass is 9.79. The molecule has 1 aliphatic carbocycles. The highest BCUT2D eigenvalue weighted by molar-refractivity contribution is 7.12. The van der Waals surface area contributed by atoms with Crippen LogP contribution < -0.4 is 5.73 Å². The minimum absolute atomic E-state index is 0.217. The average Bonchev–Trinajstić information content (AvgIpc) is 2.70. The SMILES string of the molecule is NC1(CC(=O)c2cccs2)CCCCC1. The van der Waals surface area contributed by atoms with Gasteiger partial charge < -0.3 is 5.73 Å². The zero-order valence-electron chi connectivity index (χ0n) is 8.87. The monoisotopic (exact) mass is 223 g/mol. The van der Waals surface area contributed by atoms with Gasteiger partial charge in [-0.25, -0.2) is 0 Å². The van der Waals surface area contributed by atoms with Gasteiger partial charge in [0, 0.05) is 12.0 Å². The predicted molar refractivity (Wildman–Crippen MR) is 63.3 cm³/mol. The van der Waals surface area contributed by atoms with E-state index >= 15 is 0 Å². The zero-order chi connectivity index (χ0) is 10.7. The molecule has 0 bridgehead atoms. The van der Waals surface area contributed by atoms with Crippen LogP contribution in [0.2, 0.25) is 0 Å². The summed E-state index contributed by atoms with van der Waals surface area (Å²) in [5.74, 6) is 0.217. The Kier molecular flexibility index (Phi) is 3.22. The third kappa shape index (κ3) is 2.67. The molecule has 2 rings (SSSR count). The molecule has 2 nitrogen and oxygen atoms in total. The maximum absolute atomic E-state index is 11.9. The standard InChI is InChI=1S/C12H17NOS/c13-12(6-2-1-3-7-12)9-10(14)11-5-4-8-15-11/h4-5,8H,1-3,6-7,9,13H2. The van der Waals surface area contributed by atoms with Gasteiger partial charge in [-0.15, -0.1) is 11.3 Å². The Labute approximate surface area is 94.5 Å². The van der Waals surface area contributed by atoms with Crippen molar-refractivity contribution in [3.05, 3.63) is 22.4 Å². The highest BCUT2D eigenvalue weighted by Gasteiger charge is 2.30. The second-order valence-electron chi connectivity index (χ2n) is 4.50. The Bertz CT molecular complexity index is 325. The topological polar surface area (TPSA) is 43.1 Å². The van der Waals surface area contributed by atoms with Crippen molar-refractivity contribution in [1.29, 1.82) is 0 Å². The van der Waals surface area contributed by atoms with Crippen LogP contribution in [0.5, 0.6) is 0 Å². The number of carbonyl (C=O) groups is 1. The summed E-state index contributed by atoms with van der Waals surface area (Å²) in [4.78, 5) is 12.8. The van der Waals surface area contributed by atoms with Gasteiger partial charge in [0.1, 0.15) is 0 Å².